The summed E-state index contributed by atoms with van der Waals surface area (Å²) in [5, 5.41) is 0. The molecule has 1 unspecified atom stereocenters. The van der Waals surface area contributed by atoms with E-state index < -0.39 is 8.03 Å². The van der Waals surface area contributed by atoms with Gasteiger partial charge in [-0.05, 0) is 4.57 Å². The van der Waals surface area contributed by atoms with Crippen molar-refractivity contribution in [3.63, 3.8) is 0 Å². The van der Waals surface area contributed by atoms with Crippen molar-refractivity contribution in [2.75, 3.05) is 6.66 Å². The molecule has 1 atom stereocenters. The van der Waals surface area contributed by atoms with Crippen LogP contribution in [-0.2, 0) is 4.57 Å². The summed E-state index contributed by atoms with van der Waals surface area (Å²) >= 11 is 0. The van der Waals surface area contributed by atoms with Crippen molar-refractivity contribution < 1.29 is 12.3 Å². The van der Waals surface area contributed by atoms with Crippen LogP contribution in [0.5, 0.6) is 0 Å². The fourth-order valence-corrected chi connectivity index (χ4v) is 0. The molecule has 0 heterocycles. The molecule has 0 spiro atoms. The summed E-state index contributed by atoms with van der Waals surface area (Å²) in [7, 11) is -1.87. The molecule has 1 N–H and O–H groups in total. The van der Waals surface area contributed by atoms with Gasteiger partial charge >= 0.3 is 31.1 Å². The van der Waals surface area contributed by atoms with Crippen LogP contribution < -0.4 is 0 Å². The second-order valence-corrected chi connectivity index (χ2v) is 1.39. The van der Waals surface area contributed by atoms with Gasteiger partial charge in [-0.1, -0.05) is 0 Å². The van der Waals surface area contributed by atoms with Crippen LogP contribution in [0.3, 0.4) is 0 Å². The molecule has 0 radical (unpaired) electrons. The van der Waals surface area contributed by atoms with Gasteiger partial charge < -0.3 is 2.85 Å². The van der Waals surface area contributed by atoms with Crippen molar-refractivity contribution >= 4 is 31.1 Å². The molecule has 0 saturated carbocycles. The summed E-state index contributed by atoms with van der Waals surface area (Å²) in [6.07, 6.45) is 0. The second-order valence-electron chi connectivity index (χ2n) is 0.464. The van der Waals surface area contributed by atoms with E-state index in [0.29, 0.717) is 0 Å². The maximum absolute atomic E-state index is 9.15. The van der Waals surface area contributed by atoms with E-state index in [-0.39, 0.29) is 25.9 Å². The molecular weight excluding hydrogens is 99.3 g/mol. The van der Waals surface area contributed by atoms with Crippen LogP contribution in [0.1, 0.15) is 2.85 Å². The molecule has 0 aliphatic heterocycles. The van der Waals surface area contributed by atoms with Gasteiger partial charge in [0, 0.05) is 0 Å². The van der Waals surface area contributed by atoms with E-state index in [1.807, 2.05) is 0 Å². The topological polar surface area (TPSA) is 37.3 Å². The van der Waals surface area contributed by atoms with E-state index in [1.54, 1.807) is 0 Å². The first kappa shape index (κ1) is 9.27. The third kappa shape index (κ3) is 56.5. The van der Waals surface area contributed by atoms with Gasteiger partial charge in [-0.3, -0.25) is 0 Å². The summed E-state index contributed by atoms with van der Waals surface area (Å²) in [4.78, 5) is 7.56. The zero-order valence-electron chi connectivity index (χ0n) is 5.01. The van der Waals surface area contributed by atoms with E-state index in [1.165, 1.54) is 6.66 Å². The standard InChI is InChI=1S/CH3O2P.Mg.2H/c1-4(2)3;;;/h1H3;;;/q;+2;2*-1/p+1. The predicted molar refractivity (Wildman–Crippen MR) is 23.7 cm³/mol. The molecule has 0 bridgehead atoms. The summed E-state index contributed by atoms with van der Waals surface area (Å²) < 4.78 is 9.15. The first-order valence-electron chi connectivity index (χ1n) is 0.830. The van der Waals surface area contributed by atoms with Gasteiger partial charge in [0.05, 0.1) is 0 Å². The zero-order chi connectivity index (χ0) is 3.58. The van der Waals surface area contributed by atoms with Gasteiger partial charge in [0.1, 0.15) is 0 Å². The maximum atomic E-state index is 9.15. The van der Waals surface area contributed by atoms with Gasteiger partial charge in [-0.2, -0.15) is 4.89 Å². The zero-order valence-corrected chi connectivity index (χ0v) is 5.32. The molecule has 0 aromatic carbocycles. The Hall–Kier alpha value is 0.826. The first-order chi connectivity index (χ1) is 1.73. The molecule has 0 amide bonds. The van der Waals surface area contributed by atoms with E-state index in [4.69, 9.17) is 9.46 Å². The molecule has 0 aliphatic carbocycles. The first-order valence-corrected chi connectivity index (χ1v) is 2.49. The van der Waals surface area contributed by atoms with Gasteiger partial charge in [0.25, 0.3) is 0 Å². The van der Waals surface area contributed by atoms with Gasteiger partial charge in [0.15, 0.2) is 6.66 Å². The minimum absolute atomic E-state index is 0. The minimum atomic E-state index is -1.87. The third-order valence-electron chi connectivity index (χ3n) is 0. The molecule has 2 nitrogen and oxygen atoms in total. The number of hydrogen-bond donors (Lipinski definition) is 1. The van der Waals surface area contributed by atoms with Crippen LogP contribution in [0.15, 0.2) is 0 Å². The Balaban J connectivity index is -0.0000000150. The number of hydrogen-bond acceptors (Lipinski definition) is 1. The van der Waals surface area contributed by atoms with Crippen molar-refractivity contribution in [2.24, 2.45) is 0 Å². The monoisotopic (exact) mass is 105 g/mol. The average molecular weight is 105 g/mol. The third-order valence-corrected chi connectivity index (χ3v) is 0. The van der Waals surface area contributed by atoms with E-state index >= 15 is 0 Å². The smallest absolute Gasteiger partial charge is 1.00 e. The molecule has 0 aromatic rings. The molecule has 0 rings (SSSR count). The van der Waals surface area contributed by atoms with Crippen LogP contribution in [0, 0.1) is 0 Å². The molecule has 28 valence electrons. The predicted octanol–water partition coefficient (Wildman–Crippen LogP) is 0.195. The Morgan fingerprint density at radius 1 is 2.00 bits per heavy atom. The summed E-state index contributed by atoms with van der Waals surface area (Å²) in [5.41, 5.74) is 0. The summed E-state index contributed by atoms with van der Waals surface area (Å²) in [6.45, 7) is 1.23. The summed E-state index contributed by atoms with van der Waals surface area (Å²) in [5.74, 6) is 0. The molecular formula is CH6MgO2P+. The second kappa shape index (κ2) is 4.83. The van der Waals surface area contributed by atoms with Crippen molar-refractivity contribution in [3.05, 3.63) is 0 Å². The van der Waals surface area contributed by atoms with E-state index in [9.17, 15) is 0 Å². The SMILES string of the molecule is C[P+](=O)O.[H-].[H-].[Mg+2]. The Bertz CT molecular complexity index is 38.7. The fourth-order valence-electron chi connectivity index (χ4n) is 0. The van der Waals surface area contributed by atoms with Crippen LogP contribution in [0.4, 0.5) is 0 Å². The fraction of sp³-hybridized carbons (Fsp3) is 1.00. The van der Waals surface area contributed by atoms with Gasteiger partial charge in [-0.25, -0.2) is 0 Å². The average Bonchev–Trinajstić information content (AvgIpc) is 0.811. The quantitative estimate of drug-likeness (QED) is 0.353. The maximum Gasteiger partial charge on any atom is 2.00 e. The Morgan fingerprint density at radius 2 is 2.00 bits per heavy atom. The van der Waals surface area contributed by atoms with Crippen LogP contribution in [-0.4, -0.2) is 34.6 Å². The molecule has 0 fully saturated rings. The van der Waals surface area contributed by atoms with Crippen molar-refractivity contribution in [1.82, 2.24) is 0 Å². The van der Waals surface area contributed by atoms with Crippen molar-refractivity contribution in [3.8, 4) is 0 Å². The molecule has 0 saturated heterocycles. The van der Waals surface area contributed by atoms with Gasteiger partial charge in [-0.15, -0.1) is 0 Å². The van der Waals surface area contributed by atoms with E-state index in [2.05, 4.69) is 0 Å². The molecule has 5 heavy (non-hydrogen) atoms. The van der Waals surface area contributed by atoms with Crippen LogP contribution in [0.2, 0.25) is 0 Å². The normalized spacial score (nSPS) is 8.80. The number of rotatable bonds is 0. The largest absolute Gasteiger partial charge is 2.00 e. The van der Waals surface area contributed by atoms with Crippen LogP contribution >= 0.6 is 8.03 Å². The van der Waals surface area contributed by atoms with Crippen molar-refractivity contribution in [2.45, 2.75) is 0 Å². The van der Waals surface area contributed by atoms with Gasteiger partial charge in [0.2, 0.25) is 0 Å². The minimum Gasteiger partial charge on any atom is -1.00 e. The van der Waals surface area contributed by atoms with Crippen molar-refractivity contribution in [1.29, 1.82) is 0 Å². The Morgan fingerprint density at radius 3 is 2.00 bits per heavy atom. The summed E-state index contributed by atoms with van der Waals surface area (Å²) in [6, 6.07) is 0. The molecule has 0 aromatic heterocycles. The van der Waals surface area contributed by atoms with Crippen LogP contribution in [0.25, 0.3) is 0 Å². The Labute approximate surface area is 50.6 Å². The Kier molecular flexibility index (Phi) is 8.95. The molecule has 4 heteroatoms. The molecule has 0 aliphatic rings. The van der Waals surface area contributed by atoms with E-state index in [0.717, 1.165) is 0 Å².